The van der Waals surface area contributed by atoms with Crippen LogP contribution >= 0.6 is 0 Å². The highest BCUT2D eigenvalue weighted by Gasteiger charge is 2.11. The van der Waals surface area contributed by atoms with Crippen LogP contribution in [0.4, 0.5) is 0 Å². The fourth-order valence-electron chi connectivity index (χ4n) is 1.18. The quantitative estimate of drug-likeness (QED) is 0.650. The number of fused-ring (bicyclic) bond motifs is 1. The maximum absolute atomic E-state index is 10.6. The Morgan fingerprint density at radius 3 is 3.08 bits per heavy atom. The lowest BCUT2D eigenvalue weighted by Crippen LogP contribution is -2.25. The summed E-state index contributed by atoms with van der Waals surface area (Å²) in [5.74, 6) is -0.945. The first kappa shape index (κ1) is 7.67. The second-order valence-electron chi connectivity index (χ2n) is 2.56. The minimum Gasteiger partial charge on any atom is -0.545 e. The second-order valence-corrected chi connectivity index (χ2v) is 2.56. The number of hydroxylamine groups is 1. The summed E-state index contributed by atoms with van der Waals surface area (Å²) in [7, 11) is 0. The molecule has 4 nitrogen and oxygen atoms in total. The SMILES string of the molecule is O=C([O-])c1cccc2c1ONC=C2. The Bertz CT molecular complexity index is 384. The highest BCUT2D eigenvalue weighted by molar-refractivity contribution is 5.91. The second kappa shape index (κ2) is 2.82. The standard InChI is InChI=1S/C9H7NO3/c11-9(12)7-3-1-2-6-4-5-10-13-8(6)7/h1-5,10H,(H,11,12)/p-1. The number of nitrogens with one attached hydrogen (secondary N) is 1. The van der Waals surface area contributed by atoms with E-state index in [4.69, 9.17) is 4.84 Å². The molecule has 1 N–H and O–H groups in total. The Morgan fingerprint density at radius 2 is 2.31 bits per heavy atom. The predicted octanol–water partition coefficient (Wildman–Crippen LogP) is -0.0822. The summed E-state index contributed by atoms with van der Waals surface area (Å²) >= 11 is 0. The molecule has 0 amide bonds. The van der Waals surface area contributed by atoms with Crippen LogP contribution in [-0.4, -0.2) is 5.97 Å². The molecular weight excluding hydrogens is 170 g/mol. The van der Waals surface area contributed by atoms with Gasteiger partial charge in [0, 0.05) is 17.3 Å². The molecule has 1 aromatic carbocycles. The number of rotatable bonds is 1. The summed E-state index contributed by atoms with van der Waals surface area (Å²) in [5, 5.41) is 10.6. The molecule has 0 aromatic heterocycles. The van der Waals surface area contributed by atoms with Crippen LogP contribution in [0.15, 0.2) is 24.4 Å². The van der Waals surface area contributed by atoms with E-state index in [1.807, 2.05) is 0 Å². The van der Waals surface area contributed by atoms with Crippen molar-refractivity contribution in [1.82, 2.24) is 5.48 Å². The summed E-state index contributed by atoms with van der Waals surface area (Å²) < 4.78 is 0. The van der Waals surface area contributed by atoms with E-state index in [-0.39, 0.29) is 5.56 Å². The molecule has 0 saturated carbocycles. The van der Waals surface area contributed by atoms with Crippen molar-refractivity contribution in [3.05, 3.63) is 35.5 Å². The lowest BCUT2D eigenvalue weighted by atomic mass is 10.1. The largest absolute Gasteiger partial charge is 0.545 e. The Morgan fingerprint density at radius 1 is 1.46 bits per heavy atom. The van der Waals surface area contributed by atoms with Crippen molar-refractivity contribution in [3.63, 3.8) is 0 Å². The maximum Gasteiger partial charge on any atom is 0.171 e. The lowest BCUT2D eigenvalue weighted by Gasteiger charge is -2.16. The molecule has 66 valence electrons. The van der Waals surface area contributed by atoms with Gasteiger partial charge in [-0.05, 0) is 12.1 Å². The van der Waals surface area contributed by atoms with E-state index < -0.39 is 5.97 Å². The first-order valence-electron chi connectivity index (χ1n) is 3.72. The Labute approximate surface area is 74.4 Å². The van der Waals surface area contributed by atoms with Crippen LogP contribution in [0.2, 0.25) is 0 Å². The molecule has 0 saturated heterocycles. The number of para-hydroxylation sites is 1. The van der Waals surface area contributed by atoms with Gasteiger partial charge in [-0.2, -0.15) is 0 Å². The van der Waals surface area contributed by atoms with Crippen LogP contribution < -0.4 is 15.4 Å². The van der Waals surface area contributed by atoms with Crippen molar-refractivity contribution in [3.8, 4) is 5.75 Å². The monoisotopic (exact) mass is 176 g/mol. The molecule has 0 spiro atoms. The molecule has 0 radical (unpaired) electrons. The smallest absolute Gasteiger partial charge is 0.171 e. The number of hydrogen-bond donors (Lipinski definition) is 1. The molecule has 0 fully saturated rings. The number of aromatic carboxylic acids is 1. The van der Waals surface area contributed by atoms with Gasteiger partial charge >= 0.3 is 0 Å². The van der Waals surface area contributed by atoms with Crippen molar-refractivity contribution in [2.75, 3.05) is 0 Å². The van der Waals surface area contributed by atoms with E-state index in [1.54, 1.807) is 24.4 Å². The minimum absolute atomic E-state index is 0.0503. The van der Waals surface area contributed by atoms with Gasteiger partial charge in [-0.3, -0.25) is 0 Å². The maximum atomic E-state index is 10.6. The van der Waals surface area contributed by atoms with E-state index in [0.29, 0.717) is 5.75 Å². The lowest BCUT2D eigenvalue weighted by molar-refractivity contribution is -0.255. The van der Waals surface area contributed by atoms with E-state index in [9.17, 15) is 9.90 Å². The third kappa shape index (κ3) is 1.22. The van der Waals surface area contributed by atoms with E-state index in [2.05, 4.69) is 5.48 Å². The van der Waals surface area contributed by atoms with Crippen LogP contribution in [0, 0.1) is 0 Å². The van der Waals surface area contributed by atoms with Crippen molar-refractivity contribution < 1.29 is 14.7 Å². The number of carbonyl (C=O) groups is 1. The van der Waals surface area contributed by atoms with Gasteiger partial charge < -0.3 is 14.7 Å². The summed E-state index contributed by atoms with van der Waals surface area (Å²) in [6.45, 7) is 0. The van der Waals surface area contributed by atoms with Crippen LogP contribution in [0.3, 0.4) is 0 Å². The highest BCUT2D eigenvalue weighted by atomic mass is 16.6. The average molecular weight is 176 g/mol. The minimum atomic E-state index is -1.24. The molecule has 1 aromatic rings. The van der Waals surface area contributed by atoms with Gasteiger partial charge in [-0.1, -0.05) is 12.1 Å². The first-order valence-corrected chi connectivity index (χ1v) is 3.72. The molecule has 0 bridgehead atoms. The fraction of sp³-hybridized carbons (Fsp3) is 0. The normalized spacial score (nSPS) is 12.6. The molecular formula is C9H6NO3-. The van der Waals surface area contributed by atoms with Crippen LogP contribution in [0.5, 0.6) is 5.75 Å². The van der Waals surface area contributed by atoms with Gasteiger partial charge in [-0.25, -0.2) is 5.48 Å². The molecule has 0 aliphatic carbocycles. The van der Waals surface area contributed by atoms with Crippen molar-refractivity contribution in [2.24, 2.45) is 0 Å². The number of carbonyl (C=O) groups excluding carboxylic acids is 1. The average Bonchev–Trinajstić information content (AvgIpc) is 2.17. The zero-order chi connectivity index (χ0) is 9.26. The van der Waals surface area contributed by atoms with Crippen LogP contribution in [-0.2, 0) is 0 Å². The highest BCUT2D eigenvalue weighted by Crippen LogP contribution is 2.25. The molecule has 1 aliphatic heterocycles. The molecule has 0 atom stereocenters. The molecule has 1 heterocycles. The number of hydrogen-bond acceptors (Lipinski definition) is 4. The zero-order valence-corrected chi connectivity index (χ0v) is 6.61. The van der Waals surface area contributed by atoms with Gasteiger partial charge in [0.2, 0.25) is 0 Å². The van der Waals surface area contributed by atoms with Crippen molar-refractivity contribution in [2.45, 2.75) is 0 Å². The molecule has 1 aliphatic rings. The molecule has 13 heavy (non-hydrogen) atoms. The fourth-order valence-corrected chi connectivity index (χ4v) is 1.18. The predicted molar refractivity (Wildman–Crippen MR) is 43.6 cm³/mol. The van der Waals surface area contributed by atoms with E-state index >= 15 is 0 Å². The summed E-state index contributed by atoms with van der Waals surface area (Å²) in [4.78, 5) is 15.6. The number of benzene rings is 1. The Balaban J connectivity index is 2.59. The van der Waals surface area contributed by atoms with E-state index in [0.717, 1.165) is 5.56 Å². The van der Waals surface area contributed by atoms with Gasteiger partial charge in [0.15, 0.2) is 5.75 Å². The van der Waals surface area contributed by atoms with Gasteiger partial charge in [0.05, 0.1) is 5.97 Å². The van der Waals surface area contributed by atoms with Crippen LogP contribution in [0.1, 0.15) is 15.9 Å². The first-order chi connectivity index (χ1) is 6.29. The Kier molecular flexibility index (Phi) is 1.66. The summed E-state index contributed by atoms with van der Waals surface area (Å²) in [6.07, 6.45) is 3.31. The summed E-state index contributed by atoms with van der Waals surface area (Å²) in [5.41, 5.74) is 3.24. The van der Waals surface area contributed by atoms with Gasteiger partial charge in [0.25, 0.3) is 0 Å². The van der Waals surface area contributed by atoms with Gasteiger partial charge in [0.1, 0.15) is 0 Å². The van der Waals surface area contributed by atoms with Gasteiger partial charge in [-0.15, -0.1) is 0 Å². The summed E-state index contributed by atoms with van der Waals surface area (Å²) in [6, 6.07) is 4.84. The third-order valence-corrected chi connectivity index (χ3v) is 1.76. The molecule has 0 unspecified atom stereocenters. The third-order valence-electron chi connectivity index (χ3n) is 1.76. The number of carboxylic acid groups (broad SMARTS) is 1. The Hall–Kier alpha value is -1.97. The van der Waals surface area contributed by atoms with E-state index in [1.165, 1.54) is 6.07 Å². The topological polar surface area (TPSA) is 61.4 Å². The van der Waals surface area contributed by atoms with Crippen molar-refractivity contribution >= 4 is 12.0 Å². The molecule has 2 rings (SSSR count). The van der Waals surface area contributed by atoms with Crippen LogP contribution in [0.25, 0.3) is 6.08 Å². The van der Waals surface area contributed by atoms with Crippen molar-refractivity contribution in [1.29, 1.82) is 0 Å². The zero-order valence-electron chi connectivity index (χ0n) is 6.61. The molecule has 4 heteroatoms. The number of carboxylic acids is 1.